The Morgan fingerprint density at radius 1 is 1.50 bits per heavy atom. The molecule has 0 aromatic rings. The molecule has 0 atom stereocenters. The zero-order chi connectivity index (χ0) is 9.45. The van der Waals surface area contributed by atoms with E-state index < -0.39 is 5.38 Å². The average Bonchev–Trinajstić information content (AvgIpc) is 1.94. The van der Waals surface area contributed by atoms with Gasteiger partial charge in [-0.25, -0.2) is 0 Å². The van der Waals surface area contributed by atoms with Gasteiger partial charge in [-0.05, 0) is 24.1 Å². The van der Waals surface area contributed by atoms with Crippen molar-refractivity contribution >= 4 is 11.6 Å². The molecule has 0 aliphatic rings. The second kappa shape index (κ2) is 6.02. The fourth-order valence-corrected chi connectivity index (χ4v) is 0.595. The molecule has 0 rings (SSSR count). The third-order valence-corrected chi connectivity index (χ3v) is 1.24. The molecule has 0 amide bonds. The van der Waals surface area contributed by atoms with Crippen LogP contribution in [0.2, 0.25) is 0 Å². The van der Waals surface area contributed by atoms with E-state index in [0.29, 0.717) is 6.08 Å². The summed E-state index contributed by atoms with van der Waals surface area (Å²) >= 11 is 4.59. The van der Waals surface area contributed by atoms with Gasteiger partial charge in [-0.1, -0.05) is 25.2 Å². The summed E-state index contributed by atoms with van der Waals surface area (Å²) in [6.07, 6.45) is 4.47. The molecule has 0 aromatic heterocycles. The second-order valence-corrected chi connectivity index (χ2v) is 2.80. The molecule has 0 aromatic carbocycles. The fourth-order valence-electron chi connectivity index (χ4n) is 0.532. The van der Waals surface area contributed by atoms with E-state index in [9.17, 15) is 8.78 Å². The van der Waals surface area contributed by atoms with Crippen molar-refractivity contribution in [3.05, 3.63) is 12.2 Å². The normalized spacial score (nSPS) is 11.3. The van der Waals surface area contributed by atoms with Gasteiger partial charge in [-0.2, -0.15) is 8.78 Å². The maximum Gasteiger partial charge on any atom is 0.342 e. The molecule has 0 saturated carbocycles. The van der Waals surface area contributed by atoms with E-state index in [1.165, 1.54) is 0 Å². The van der Waals surface area contributed by atoms with Crippen molar-refractivity contribution in [2.75, 3.05) is 0 Å². The van der Waals surface area contributed by atoms with Gasteiger partial charge < -0.3 is 0 Å². The first-order chi connectivity index (χ1) is 5.56. The predicted octanol–water partition coefficient (Wildman–Crippen LogP) is 3.57. The van der Waals surface area contributed by atoms with Crippen LogP contribution in [0.15, 0.2) is 12.2 Å². The Morgan fingerprint density at radius 3 is 2.67 bits per heavy atom. The number of hydrogen-bond acceptors (Lipinski definition) is 0. The molecule has 68 valence electrons. The summed E-state index contributed by atoms with van der Waals surface area (Å²) in [7, 11) is 0. The second-order valence-electron chi connectivity index (χ2n) is 2.30. The largest absolute Gasteiger partial charge is 0.342 e. The molecule has 0 fully saturated rings. The van der Waals surface area contributed by atoms with E-state index in [2.05, 4.69) is 23.4 Å². The van der Waals surface area contributed by atoms with Gasteiger partial charge in [0.2, 0.25) is 0 Å². The highest BCUT2D eigenvalue weighted by Gasteiger charge is 2.18. The zero-order valence-electron chi connectivity index (χ0n) is 6.91. The van der Waals surface area contributed by atoms with Gasteiger partial charge in [0.25, 0.3) is 0 Å². The van der Waals surface area contributed by atoms with Crippen molar-refractivity contribution < 1.29 is 8.78 Å². The van der Waals surface area contributed by atoms with Crippen LogP contribution in [0.3, 0.4) is 0 Å². The lowest BCUT2D eigenvalue weighted by Gasteiger charge is -1.95. The maximum atomic E-state index is 11.9. The van der Waals surface area contributed by atoms with E-state index >= 15 is 0 Å². The third-order valence-electron chi connectivity index (χ3n) is 1.11. The Kier molecular flexibility index (Phi) is 5.74. The molecule has 0 radical (unpaired) electrons. The van der Waals surface area contributed by atoms with Crippen molar-refractivity contribution in [1.82, 2.24) is 0 Å². The highest BCUT2D eigenvalue weighted by Crippen LogP contribution is 2.19. The molecule has 0 saturated heterocycles. The highest BCUT2D eigenvalue weighted by molar-refractivity contribution is 6.22. The molecule has 12 heavy (non-hydrogen) atoms. The molecule has 0 N–H and O–H groups in total. The SMILES string of the molecule is CCCCC#C/C=C/C(F)(F)Cl. The summed E-state index contributed by atoms with van der Waals surface area (Å²) in [5.41, 5.74) is 0. The molecular weight excluding hydrogens is 182 g/mol. The predicted molar refractivity (Wildman–Crippen MR) is 47.2 cm³/mol. The van der Waals surface area contributed by atoms with Crippen LogP contribution < -0.4 is 0 Å². The molecule has 0 unspecified atom stereocenters. The number of rotatable bonds is 3. The van der Waals surface area contributed by atoms with Gasteiger partial charge in [0, 0.05) is 12.5 Å². The standard InChI is InChI=1S/C9H11ClF2/c1-2-3-4-5-6-7-8-9(10,11)12/h7-8H,2-4H2,1H3/b8-7+. The lowest BCUT2D eigenvalue weighted by Crippen LogP contribution is -1.97. The molecule has 3 heteroatoms. The van der Waals surface area contributed by atoms with Crippen LogP contribution in [0.4, 0.5) is 8.78 Å². The van der Waals surface area contributed by atoms with Crippen LogP contribution in [-0.4, -0.2) is 5.38 Å². The zero-order valence-corrected chi connectivity index (χ0v) is 7.67. The molecule has 0 spiro atoms. The van der Waals surface area contributed by atoms with E-state index in [1.807, 2.05) is 6.92 Å². The van der Waals surface area contributed by atoms with Crippen LogP contribution >= 0.6 is 11.6 Å². The fraction of sp³-hybridized carbons (Fsp3) is 0.556. The molecule has 0 aliphatic heterocycles. The van der Waals surface area contributed by atoms with Crippen molar-refractivity contribution in [2.24, 2.45) is 0 Å². The van der Waals surface area contributed by atoms with Gasteiger partial charge in [0.05, 0.1) is 0 Å². The van der Waals surface area contributed by atoms with Crippen LogP contribution in [0.5, 0.6) is 0 Å². The van der Waals surface area contributed by atoms with Crippen LogP contribution in [0, 0.1) is 11.8 Å². The van der Waals surface area contributed by atoms with Crippen molar-refractivity contribution in [3.8, 4) is 11.8 Å². The summed E-state index contributed by atoms with van der Waals surface area (Å²) in [6.45, 7) is 2.05. The molecular formula is C9H11ClF2. The van der Waals surface area contributed by atoms with E-state index in [1.54, 1.807) is 0 Å². The van der Waals surface area contributed by atoms with Crippen molar-refractivity contribution in [2.45, 2.75) is 31.6 Å². The summed E-state index contributed by atoms with van der Waals surface area (Å²) < 4.78 is 23.8. The number of unbranched alkanes of at least 4 members (excludes halogenated alkanes) is 2. The van der Waals surface area contributed by atoms with E-state index in [0.717, 1.165) is 25.3 Å². The van der Waals surface area contributed by atoms with Crippen LogP contribution in [0.25, 0.3) is 0 Å². The monoisotopic (exact) mass is 192 g/mol. The summed E-state index contributed by atoms with van der Waals surface area (Å²) in [5, 5.41) is -3.26. The minimum Gasteiger partial charge on any atom is -0.184 e. The number of alkyl halides is 3. The highest BCUT2D eigenvalue weighted by atomic mass is 35.5. The summed E-state index contributed by atoms with van der Waals surface area (Å²) in [4.78, 5) is 0. The third kappa shape index (κ3) is 9.45. The van der Waals surface area contributed by atoms with Gasteiger partial charge in [0.15, 0.2) is 0 Å². The Labute approximate surface area is 76.6 Å². The Bertz CT molecular complexity index is 193. The smallest absolute Gasteiger partial charge is 0.184 e. The molecule has 0 heterocycles. The van der Waals surface area contributed by atoms with E-state index in [4.69, 9.17) is 0 Å². The summed E-state index contributed by atoms with van der Waals surface area (Å²) in [6, 6.07) is 0. The molecule has 0 bridgehead atoms. The van der Waals surface area contributed by atoms with Crippen molar-refractivity contribution in [3.63, 3.8) is 0 Å². The molecule has 0 nitrogen and oxygen atoms in total. The van der Waals surface area contributed by atoms with E-state index in [-0.39, 0.29) is 0 Å². The quantitative estimate of drug-likeness (QED) is 0.364. The van der Waals surface area contributed by atoms with Crippen LogP contribution in [0.1, 0.15) is 26.2 Å². The number of allylic oxidation sites excluding steroid dienone is 2. The van der Waals surface area contributed by atoms with Gasteiger partial charge in [-0.15, -0.1) is 0 Å². The van der Waals surface area contributed by atoms with Crippen LogP contribution in [-0.2, 0) is 0 Å². The first-order valence-corrected chi connectivity index (χ1v) is 4.17. The average molecular weight is 193 g/mol. The number of halogens is 3. The Hall–Kier alpha value is -0.550. The first kappa shape index (κ1) is 11.4. The Morgan fingerprint density at radius 2 is 2.17 bits per heavy atom. The van der Waals surface area contributed by atoms with Gasteiger partial charge >= 0.3 is 5.38 Å². The maximum absolute atomic E-state index is 11.9. The number of hydrogen-bond donors (Lipinski definition) is 0. The molecule has 0 aliphatic carbocycles. The van der Waals surface area contributed by atoms with Gasteiger partial charge in [0.1, 0.15) is 0 Å². The first-order valence-electron chi connectivity index (χ1n) is 3.79. The minimum atomic E-state index is -3.26. The lowest BCUT2D eigenvalue weighted by atomic mass is 10.2. The lowest BCUT2D eigenvalue weighted by molar-refractivity contribution is 0.153. The van der Waals surface area contributed by atoms with Crippen molar-refractivity contribution in [1.29, 1.82) is 0 Å². The van der Waals surface area contributed by atoms with Gasteiger partial charge in [-0.3, -0.25) is 0 Å². The minimum absolute atomic E-state index is 0.577. The summed E-state index contributed by atoms with van der Waals surface area (Å²) in [5.74, 6) is 5.21. The topological polar surface area (TPSA) is 0 Å². The Balaban J connectivity index is 3.63.